The molecule has 8 nitrogen and oxygen atoms in total. The van der Waals surface area contributed by atoms with Gasteiger partial charge in [0, 0.05) is 36.7 Å². The monoisotopic (exact) mass is 472 g/mol. The van der Waals surface area contributed by atoms with E-state index in [2.05, 4.69) is 0 Å². The van der Waals surface area contributed by atoms with E-state index < -0.39 is 16.0 Å². The second-order valence-corrected chi connectivity index (χ2v) is 10.4. The van der Waals surface area contributed by atoms with Crippen LogP contribution in [0, 0.1) is 0 Å². The molecule has 1 aliphatic rings. The highest BCUT2D eigenvalue weighted by Crippen LogP contribution is 2.37. The smallest absolute Gasteiger partial charge is 0.323 e. The lowest BCUT2D eigenvalue weighted by molar-refractivity contribution is -0.137. The third-order valence-corrected chi connectivity index (χ3v) is 7.73. The highest BCUT2D eigenvalue weighted by atomic mass is 32.2. The number of nitrogens with zero attached hydrogens (tertiary/aromatic N) is 2. The third kappa shape index (κ3) is 4.69. The summed E-state index contributed by atoms with van der Waals surface area (Å²) < 4.78 is 40.5. The zero-order valence-corrected chi connectivity index (χ0v) is 19.7. The van der Waals surface area contributed by atoms with E-state index in [1.807, 2.05) is 38.2 Å². The van der Waals surface area contributed by atoms with Crippen molar-refractivity contribution in [2.75, 3.05) is 20.2 Å². The van der Waals surface area contributed by atoms with E-state index in [1.54, 1.807) is 35.9 Å². The van der Waals surface area contributed by atoms with Gasteiger partial charge in [-0.2, -0.15) is 4.31 Å². The molecule has 0 spiro atoms. The van der Waals surface area contributed by atoms with Crippen molar-refractivity contribution in [1.29, 1.82) is 0 Å². The molecular weight excluding hydrogens is 444 g/mol. The van der Waals surface area contributed by atoms with Gasteiger partial charge in [-0.1, -0.05) is 0 Å². The van der Waals surface area contributed by atoms with Crippen molar-refractivity contribution in [3.05, 3.63) is 54.2 Å². The SMILES string of the molecule is COc1ccc2c(C3CCN(S(=O)(=O)c4ccc(OC(C)C)cc4)C3)cn(CC(=O)O)c2c1. The van der Waals surface area contributed by atoms with E-state index in [0.717, 1.165) is 16.5 Å². The molecule has 0 bridgehead atoms. The number of sulfonamides is 1. The number of rotatable bonds is 8. The van der Waals surface area contributed by atoms with Gasteiger partial charge in [-0.25, -0.2) is 8.42 Å². The van der Waals surface area contributed by atoms with Crippen LogP contribution >= 0.6 is 0 Å². The molecule has 176 valence electrons. The first-order valence-corrected chi connectivity index (χ1v) is 12.3. The number of aromatic nitrogens is 1. The lowest BCUT2D eigenvalue weighted by Gasteiger charge is -2.17. The minimum absolute atomic E-state index is 0.00928. The molecule has 3 aromatic rings. The molecule has 4 rings (SSSR count). The van der Waals surface area contributed by atoms with Gasteiger partial charge in [0.2, 0.25) is 10.0 Å². The number of hydrogen-bond acceptors (Lipinski definition) is 5. The lowest BCUT2D eigenvalue weighted by atomic mass is 9.98. The van der Waals surface area contributed by atoms with Gasteiger partial charge in [0.05, 0.1) is 23.6 Å². The molecule has 2 heterocycles. The number of methoxy groups -OCH3 is 1. The number of aliphatic carboxylic acids is 1. The van der Waals surface area contributed by atoms with Gasteiger partial charge >= 0.3 is 5.97 Å². The fourth-order valence-corrected chi connectivity index (χ4v) is 5.84. The van der Waals surface area contributed by atoms with E-state index >= 15 is 0 Å². The fourth-order valence-electron chi connectivity index (χ4n) is 4.34. The van der Waals surface area contributed by atoms with Gasteiger partial charge in [0.25, 0.3) is 0 Å². The molecule has 9 heteroatoms. The quantitative estimate of drug-likeness (QED) is 0.537. The maximum absolute atomic E-state index is 13.2. The minimum Gasteiger partial charge on any atom is -0.497 e. The average molecular weight is 473 g/mol. The molecule has 1 aliphatic heterocycles. The fraction of sp³-hybridized carbons (Fsp3) is 0.375. The molecule has 1 aromatic heterocycles. The second kappa shape index (κ2) is 9.07. The van der Waals surface area contributed by atoms with Gasteiger partial charge in [0.1, 0.15) is 18.0 Å². The van der Waals surface area contributed by atoms with Gasteiger partial charge in [-0.05, 0) is 62.2 Å². The summed E-state index contributed by atoms with van der Waals surface area (Å²) >= 11 is 0. The Morgan fingerprint density at radius 1 is 1.15 bits per heavy atom. The van der Waals surface area contributed by atoms with Crippen LogP contribution in [0.5, 0.6) is 11.5 Å². The van der Waals surface area contributed by atoms with Crippen molar-refractivity contribution >= 4 is 26.9 Å². The summed E-state index contributed by atoms with van der Waals surface area (Å²) in [5.74, 6) is 0.292. The minimum atomic E-state index is -3.64. The van der Waals surface area contributed by atoms with Crippen LogP contribution in [0.25, 0.3) is 10.9 Å². The Balaban J connectivity index is 1.60. The van der Waals surface area contributed by atoms with Crippen LogP contribution in [-0.4, -0.2) is 54.7 Å². The van der Waals surface area contributed by atoms with Gasteiger partial charge in [0.15, 0.2) is 0 Å². The summed E-state index contributed by atoms with van der Waals surface area (Å²) in [5, 5.41) is 10.2. The zero-order valence-electron chi connectivity index (χ0n) is 18.9. The maximum Gasteiger partial charge on any atom is 0.323 e. The van der Waals surface area contributed by atoms with Crippen LogP contribution < -0.4 is 9.47 Å². The van der Waals surface area contributed by atoms with E-state index in [0.29, 0.717) is 31.0 Å². The van der Waals surface area contributed by atoms with Crippen molar-refractivity contribution < 1.29 is 27.8 Å². The summed E-state index contributed by atoms with van der Waals surface area (Å²) in [6, 6.07) is 12.1. The Bertz CT molecular complexity index is 1260. The number of carboxylic acid groups (broad SMARTS) is 1. The lowest BCUT2D eigenvalue weighted by Crippen LogP contribution is -2.28. The zero-order chi connectivity index (χ0) is 23.8. The number of fused-ring (bicyclic) bond motifs is 1. The van der Waals surface area contributed by atoms with Crippen molar-refractivity contribution in [2.45, 2.75) is 43.7 Å². The first-order chi connectivity index (χ1) is 15.7. The summed E-state index contributed by atoms with van der Waals surface area (Å²) in [6.07, 6.45) is 2.50. The predicted octanol–water partition coefficient (Wildman–Crippen LogP) is 3.70. The molecule has 0 saturated carbocycles. The van der Waals surface area contributed by atoms with Crippen LogP contribution in [0.2, 0.25) is 0 Å². The first-order valence-electron chi connectivity index (χ1n) is 10.8. The van der Waals surface area contributed by atoms with Crippen LogP contribution in [-0.2, 0) is 21.4 Å². The van der Waals surface area contributed by atoms with Crippen molar-refractivity contribution in [2.24, 2.45) is 0 Å². The number of ether oxygens (including phenoxy) is 2. The molecular formula is C24H28N2O6S. The number of carbonyl (C=O) groups is 1. The highest BCUT2D eigenvalue weighted by molar-refractivity contribution is 7.89. The number of benzene rings is 2. The largest absolute Gasteiger partial charge is 0.497 e. The Hall–Kier alpha value is -3.04. The second-order valence-electron chi connectivity index (χ2n) is 8.48. The molecule has 1 N–H and O–H groups in total. The number of hydrogen-bond donors (Lipinski definition) is 1. The molecule has 1 fully saturated rings. The molecule has 1 unspecified atom stereocenters. The summed E-state index contributed by atoms with van der Waals surface area (Å²) in [5.41, 5.74) is 1.71. The van der Waals surface area contributed by atoms with E-state index in [9.17, 15) is 18.3 Å². The summed E-state index contributed by atoms with van der Waals surface area (Å²) in [7, 11) is -2.08. The normalized spacial score (nSPS) is 17.0. The van der Waals surface area contributed by atoms with Gasteiger partial charge in [-0.3, -0.25) is 4.79 Å². The topological polar surface area (TPSA) is 98.1 Å². The average Bonchev–Trinajstić information content (AvgIpc) is 3.39. The predicted molar refractivity (Wildman–Crippen MR) is 124 cm³/mol. The third-order valence-electron chi connectivity index (χ3n) is 5.85. The van der Waals surface area contributed by atoms with Crippen LogP contribution in [0.1, 0.15) is 31.7 Å². The summed E-state index contributed by atoms with van der Waals surface area (Å²) in [6.45, 7) is 4.39. The molecule has 0 aliphatic carbocycles. The maximum atomic E-state index is 13.2. The van der Waals surface area contributed by atoms with Crippen molar-refractivity contribution in [3.8, 4) is 11.5 Å². The molecule has 33 heavy (non-hydrogen) atoms. The Morgan fingerprint density at radius 3 is 2.48 bits per heavy atom. The van der Waals surface area contributed by atoms with Gasteiger partial charge in [-0.15, -0.1) is 0 Å². The van der Waals surface area contributed by atoms with Crippen LogP contribution in [0.15, 0.2) is 53.6 Å². The van der Waals surface area contributed by atoms with Crippen molar-refractivity contribution in [3.63, 3.8) is 0 Å². The van der Waals surface area contributed by atoms with E-state index in [4.69, 9.17) is 9.47 Å². The Morgan fingerprint density at radius 2 is 1.85 bits per heavy atom. The molecule has 2 aromatic carbocycles. The molecule has 1 atom stereocenters. The first kappa shape index (κ1) is 23.1. The number of carboxylic acids is 1. The summed E-state index contributed by atoms with van der Waals surface area (Å²) in [4.78, 5) is 11.6. The van der Waals surface area contributed by atoms with Crippen LogP contribution in [0.4, 0.5) is 0 Å². The standard InChI is InChI=1S/C24H28N2O6S/c1-16(2)32-18-4-7-20(8-5-18)33(29,30)26-11-10-17(13-26)22-14-25(15-24(27)28)23-12-19(31-3)6-9-21(22)23/h4-9,12,14,16-17H,10-11,13,15H2,1-3H3,(H,27,28). The van der Waals surface area contributed by atoms with Gasteiger partial charge < -0.3 is 19.1 Å². The molecule has 1 saturated heterocycles. The molecule has 0 amide bonds. The van der Waals surface area contributed by atoms with Crippen molar-refractivity contribution in [1.82, 2.24) is 8.87 Å². The van der Waals surface area contributed by atoms with E-state index in [1.165, 1.54) is 4.31 Å². The Kier molecular flexibility index (Phi) is 6.36. The molecule has 0 radical (unpaired) electrons. The Labute approximate surface area is 193 Å². The highest BCUT2D eigenvalue weighted by Gasteiger charge is 2.34. The van der Waals surface area contributed by atoms with Crippen LogP contribution in [0.3, 0.4) is 0 Å². The van der Waals surface area contributed by atoms with E-state index in [-0.39, 0.29) is 23.5 Å².